The number of carbonyl (C=O) groups excluding carboxylic acids is 3. The van der Waals surface area contributed by atoms with E-state index in [4.69, 9.17) is 14.2 Å². The van der Waals surface area contributed by atoms with Crippen LogP contribution in [0.25, 0.3) is 0 Å². The van der Waals surface area contributed by atoms with Crippen LogP contribution in [0.3, 0.4) is 0 Å². The highest BCUT2D eigenvalue weighted by Gasteiger charge is 2.53. The number of esters is 3. The highest BCUT2D eigenvalue weighted by Crippen LogP contribution is 2.37. The van der Waals surface area contributed by atoms with Gasteiger partial charge in [0.2, 0.25) is 5.60 Å². The zero-order valence-corrected chi connectivity index (χ0v) is 17.1. The van der Waals surface area contributed by atoms with E-state index in [-0.39, 0.29) is 25.4 Å². The quantitative estimate of drug-likeness (QED) is 0.350. The minimum atomic E-state index is -1.27. The van der Waals surface area contributed by atoms with Crippen LogP contribution in [0.15, 0.2) is 72.8 Å². The highest BCUT2D eigenvalue weighted by molar-refractivity contribution is 5.93. The number of ether oxygens (including phenoxy) is 3. The molecule has 2 aromatic carbocycles. The summed E-state index contributed by atoms with van der Waals surface area (Å²) in [6.45, 7) is 0.124. The van der Waals surface area contributed by atoms with Crippen LogP contribution in [0.4, 0.5) is 0 Å². The van der Waals surface area contributed by atoms with Crippen molar-refractivity contribution in [3.63, 3.8) is 0 Å². The first-order valence-corrected chi connectivity index (χ1v) is 10.3. The van der Waals surface area contributed by atoms with Crippen LogP contribution in [0.1, 0.15) is 36.8 Å². The zero-order chi connectivity index (χ0) is 21.7. The van der Waals surface area contributed by atoms with Crippen molar-refractivity contribution >= 4 is 17.9 Å². The van der Waals surface area contributed by atoms with Gasteiger partial charge in [-0.1, -0.05) is 72.8 Å². The third-order valence-electron chi connectivity index (χ3n) is 5.59. The topological polar surface area (TPSA) is 78.9 Å². The Morgan fingerprint density at radius 1 is 0.839 bits per heavy atom. The highest BCUT2D eigenvalue weighted by atomic mass is 16.6. The van der Waals surface area contributed by atoms with E-state index in [9.17, 15) is 14.4 Å². The fraction of sp³-hybridized carbons (Fsp3) is 0.320. The summed E-state index contributed by atoms with van der Waals surface area (Å²) in [7, 11) is 0. The molecule has 0 aromatic heterocycles. The maximum Gasteiger partial charge on any atom is 0.351 e. The van der Waals surface area contributed by atoms with E-state index in [1.54, 1.807) is 6.08 Å². The number of carbonyl (C=O) groups is 3. The van der Waals surface area contributed by atoms with Crippen molar-refractivity contribution in [2.75, 3.05) is 0 Å². The summed E-state index contributed by atoms with van der Waals surface area (Å²) >= 11 is 0. The molecule has 0 spiro atoms. The second-order valence-electron chi connectivity index (χ2n) is 8.08. The maximum absolute atomic E-state index is 12.6. The molecule has 6 nitrogen and oxygen atoms in total. The number of rotatable bonds is 9. The molecule has 2 heterocycles. The van der Waals surface area contributed by atoms with Gasteiger partial charge in [-0.2, -0.15) is 0 Å². The van der Waals surface area contributed by atoms with Crippen molar-refractivity contribution in [1.82, 2.24) is 0 Å². The average molecular weight is 420 g/mol. The second-order valence-corrected chi connectivity index (χ2v) is 8.08. The van der Waals surface area contributed by atoms with Crippen LogP contribution in [-0.4, -0.2) is 29.1 Å². The van der Waals surface area contributed by atoms with Crippen LogP contribution >= 0.6 is 0 Å². The summed E-state index contributed by atoms with van der Waals surface area (Å²) < 4.78 is 16.1. The lowest BCUT2D eigenvalue weighted by Crippen LogP contribution is -2.54. The van der Waals surface area contributed by atoms with Crippen LogP contribution < -0.4 is 0 Å². The van der Waals surface area contributed by atoms with E-state index in [1.807, 2.05) is 66.7 Å². The molecule has 0 saturated carbocycles. The first kappa shape index (κ1) is 20.8. The SMILES string of the molecule is O=C1C[C@](C/C=C/C[C@]2(C(=O)OCc3ccccc3)CC(=O)O2)(Cc2ccccc2)O1. The molecule has 2 aromatic rings. The van der Waals surface area contributed by atoms with Gasteiger partial charge in [0.15, 0.2) is 0 Å². The zero-order valence-electron chi connectivity index (χ0n) is 17.1. The molecule has 0 aliphatic carbocycles. The summed E-state index contributed by atoms with van der Waals surface area (Å²) in [6, 6.07) is 19.2. The molecule has 6 heteroatoms. The van der Waals surface area contributed by atoms with Crippen molar-refractivity contribution in [1.29, 1.82) is 0 Å². The van der Waals surface area contributed by atoms with Gasteiger partial charge in [0, 0.05) is 19.3 Å². The number of benzene rings is 2. The van der Waals surface area contributed by atoms with Gasteiger partial charge in [-0.05, 0) is 11.1 Å². The number of hydrogen-bond donors (Lipinski definition) is 0. The first-order valence-electron chi connectivity index (χ1n) is 10.3. The van der Waals surface area contributed by atoms with Gasteiger partial charge >= 0.3 is 17.9 Å². The van der Waals surface area contributed by atoms with E-state index < -0.39 is 23.1 Å². The van der Waals surface area contributed by atoms with E-state index in [0.717, 1.165) is 11.1 Å². The molecule has 0 unspecified atom stereocenters. The van der Waals surface area contributed by atoms with Crippen molar-refractivity contribution < 1.29 is 28.6 Å². The molecule has 2 aliphatic rings. The molecule has 2 aliphatic heterocycles. The van der Waals surface area contributed by atoms with Gasteiger partial charge in [-0.25, -0.2) is 4.79 Å². The van der Waals surface area contributed by atoms with Crippen LogP contribution in [0.5, 0.6) is 0 Å². The Hall–Kier alpha value is -3.41. The van der Waals surface area contributed by atoms with E-state index in [1.165, 1.54) is 0 Å². The Morgan fingerprint density at radius 3 is 1.97 bits per heavy atom. The lowest BCUT2D eigenvalue weighted by atomic mass is 9.83. The van der Waals surface area contributed by atoms with E-state index >= 15 is 0 Å². The molecule has 4 rings (SSSR count). The van der Waals surface area contributed by atoms with Crippen molar-refractivity contribution in [2.45, 2.75) is 49.9 Å². The summed E-state index contributed by atoms with van der Waals surface area (Å²) in [4.78, 5) is 35.6. The predicted octanol–water partition coefficient (Wildman–Crippen LogP) is 3.68. The second kappa shape index (κ2) is 8.76. The van der Waals surface area contributed by atoms with E-state index in [0.29, 0.717) is 19.3 Å². The lowest BCUT2D eigenvalue weighted by molar-refractivity contribution is -0.208. The molecule has 160 valence electrons. The molecule has 0 bridgehead atoms. The normalized spacial score (nSPS) is 24.6. The molecule has 0 radical (unpaired) electrons. The molecule has 2 fully saturated rings. The number of hydrogen-bond acceptors (Lipinski definition) is 6. The standard InChI is InChI=1S/C25H24O6/c26-21-16-24(30-21,15-19-9-3-1-4-10-19)13-7-8-14-25(17-22(27)31-25)23(28)29-18-20-11-5-2-6-12-20/h1-12H,13-18H2/b8-7+/t24-,25+/m0/s1. The van der Waals surface area contributed by atoms with Gasteiger partial charge in [0.05, 0.1) is 12.8 Å². The molecule has 31 heavy (non-hydrogen) atoms. The summed E-state index contributed by atoms with van der Waals surface area (Å²) in [5.74, 6) is -1.17. The van der Waals surface area contributed by atoms with Crippen LogP contribution in [0, 0.1) is 0 Å². The third kappa shape index (κ3) is 4.85. The minimum absolute atomic E-state index is 0.00485. The van der Waals surface area contributed by atoms with Crippen molar-refractivity contribution in [2.24, 2.45) is 0 Å². The summed E-state index contributed by atoms with van der Waals surface area (Å²) in [5.41, 5.74) is 0.122. The largest absolute Gasteiger partial charge is 0.458 e. The smallest absolute Gasteiger partial charge is 0.351 e. The maximum atomic E-state index is 12.6. The fourth-order valence-electron chi connectivity index (χ4n) is 3.93. The third-order valence-corrected chi connectivity index (χ3v) is 5.59. The van der Waals surface area contributed by atoms with Gasteiger partial charge < -0.3 is 14.2 Å². The minimum Gasteiger partial charge on any atom is -0.458 e. The van der Waals surface area contributed by atoms with Gasteiger partial charge in [-0.3, -0.25) is 9.59 Å². The first-order chi connectivity index (χ1) is 15.0. The van der Waals surface area contributed by atoms with Crippen molar-refractivity contribution in [3.05, 3.63) is 83.9 Å². The monoisotopic (exact) mass is 420 g/mol. The van der Waals surface area contributed by atoms with Gasteiger partial charge in [0.1, 0.15) is 12.2 Å². The lowest BCUT2D eigenvalue weighted by Gasteiger charge is -2.40. The molecule has 2 atom stereocenters. The van der Waals surface area contributed by atoms with E-state index in [2.05, 4.69) is 0 Å². The molecule has 0 amide bonds. The number of cyclic esters (lactones) is 2. The summed E-state index contributed by atoms with van der Waals surface area (Å²) in [6.07, 6.45) is 5.41. The van der Waals surface area contributed by atoms with Gasteiger partial charge in [0.25, 0.3) is 0 Å². The molecule has 0 N–H and O–H groups in total. The van der Waals surface area contributed by atoms with Gasteiger partial charge in [-0.15, -0.1) is 0 Å². The Balaban J connectivity index is 1.34. The Bertz CT molecular complexity index is 964. The Labute approximate surface area is 180 Å². The molecule has 2 saturated heterocycles. The van der Waals surface area contributed by atoms with Crippen LogP contribution in [-0.2, 0) is 41.6 Å². The van der Waals surface area contributed by atoms with Crippen molar-refractivity contribution in [3.8, 4) is 0 Å². The molecular weight excluding hydrogens is 396 g/mol. The summed E-state index contributed by atoms with van der Waals surface area (Å²) in [5, 5.41) is 0. The molecular formula is C25H24O6. The predicted molar refractivity (Wildman–Crippen MR) is 112 cm³/mol. The average Bonchev–Trinajstić information content (AvgIpc) is 2.73. The fourth-order valence-corrected chi connectivity index (χ4v) is 3.93. The Kier molecular flexibility index (Phi) is 5.89. The Morgan fingerprint density at radius 2 is 1.39 bits per heavy atom. The van der Waals surface area contributed by atoms with Crippen LogP contribution in [0.2, 0.25) is 0 Å².